The minimum Gasteiger partial charge on any atom is -0.353 e. The summed E-state index contributed by atoms with van der Waals surface area (Å²) < 4.78 is 0. The summed E-state index contributed by atoms with van der Waals surface area (Å²) in [5, 5.41) is 8.56. The summed E-state index contributed by atoms with van der Waals surface area (Å²) in [6.07, 6.45) is 6.18. The third-order valence-corrected chi connectivity index (χ3v) is 4.83. The van der Waals surface area contributed by atoms with Crippen LogP contribution in [0.1, 0.15) is 48.3 Å². The molecule has 1 fully saturated rings. The second-order valence-electron chi connectivity index (χ2n) is 5.77. The molecule has 0 spiro atoms. The van der Waals surface area contributed by atoms with E-state index in [-0.39, 0.29) is 11.9 Å². The molecular formula is C16H25N3O2S. The molecule has 122 valence electrons. The fraction of sp³-hybridized carbons (Fsp3) is 0.625. The molecule has 1 aromatic rings. The van der Waals surface area contributed by atoms with Gasteiger partial charge in [-0.2, -0.15) is 0 Å². The largest absolute Gasteiger partial charge is 0.353 e. The molecular weight excluding hydrogens is 298 g/mol. The molecule has 0 bridgehead atoms. The molecule has 5 nitrogen and oxygen atoms in total. The highest BCUT2D eigenvalue weighted by molar-refractivity contribution is 7.11. The Morgan fingerprint density at radius 2 is 1.95 bits per heavy atom. The van der Waals surface area contributed by atoms with E-state index in [0.29, 0.717) is 25.6 Å². The minimum absolute atomic E-state index is 0.0288. The fourth-order valence-electron chi connectivity index (χ4n) is 2.65. The van der Waals surface area contributed by atoms with Crippen LogP contribution in [-0.2, 0) is 11.3 Å². The monoisotopic (exact) mass is 323 g/mol. The Morgan fingerprint density at radius 1 is 1.18 bits per heavy atom. The Morgan fingerprint density at radius 3 is 2.64 bits per heavy atom. The highest BCUT2D eigenvalue weighted by Gasteiger charge is 2.15. The molecule has 0 aromatic carbocycles. The molecule has 1 heterocycles. The Kier molecular flexibility index (Phi) is 6.71. The quantitative estimate of drug-likeness (QED) is 0.753. The third kappa shape index (κ3) is 6.05. The smallest absolute Gasteiger partial charge is 0.315 e. The molecule has 1 aromatic heterocycles. The van der Waals surface area contributed by atoms with E-state index in [1.807, 2.05) is 19.1 Å². The van der Waals surface area contributed by atoms with Gasteiger partial charge in [0.05, 0.1) is 6.54 Å². The lowest BCUT2D eigenvalue weighted by Crippen LogP contribution is -2.40. The zero-order chi connectivity index (χ0) is 15.8. The summed E-state index contributed by atoms with van der Waals surface area (Å²) in [5.41, 5.74) is 0. The van der Waals surface area contributed by atoms with Gasteiger partial charge in [0.15, 0.2) is 0 Å². The first-order valence-corrected chi connectivity index (χ1v) is 8.81. The van der Waals surface area contributed by atoms with Crippen LogP contribution in [-0.4, -0.2) is 24.5 Å². The van der Waals surface area contributed by atoms with Crippen LogP contribution in [0.2, 0.25) is 0 Å². The topological polar surface area (TPSA) is 70.2 Å². The number of carbonyl (C=O) groups is 2. The van der Waals surface area contributed by atoms with E-state index in [1.54, 1.807) is 11.3 Å². The van der Waals surface area contributed by atoms with Gasteiger partial charge in [-0.05, 0) is 31.9 Å². The number of rotatable bonds is 6. The van der Waals surface area contributed by atoms with E-state index >= 15 is 0 Å². The number of hydrogen-bond donors (Lipinski definition) is 3. The lowest BCUT2D eigenvalue weighted by atomic mass is 9.95. The average molecular weight is 323 g/mol. The van der Waals surface area contributed by atoms with Gasteiger partial charge in [0.25, 0.3) is 0 Å². The van der Waals surface area contributed by atoms with E-state index in [4.69, 9.17) is 0 Å². The summed E-state index contributed by atoms with van der Waals surface area (Å²) in [4.78, 5) is 25.8. The molecule has 0 atom stereocenters. The van der Waals surface area contributed by atoms with Gasteiger partial charge in [-0.25, -0.2) is 4.79 Å². The first-order chi connectivity index (χ1) is 10.6. The predicted octanol–water partition coefficient (Wildman–Crippen LogP) is 2.69. The molecule has 1 saturated carbocycles. The van der Waals surface area contributed by atoms with E-state index in [1.165, 1.54) is 24.1 Å². The van der Waals surface area contributed by atoms with Crippen LogP contribution in [0, 0.1) is 6.92 Å². The van der Waals surface area contributed by atoms with Crippen molar-refractivity contribution >= 4 is 23.3 Å². The number of hydrogen-bond acceptors (Lipinski definition) is 3. The maximum atomic E-state index is 11.8. The molecule has 3 amide bonds. The predicted molar refractivity (Wildman–Crippen MR) is 88.9 cm³/mol. The van der Waals surface area contributed by atoms with E-state index in [2.05, 4.69) is 16.0 Å². The van der Waals surface area contributed by atoms with Gasteiger partial charge < -0.3 is 16.0 Å². The second-order valence-corrected chi connectivity index (χ2v) is 7.15. The van der Waals surface area contributed by atoms with E-state index in [9.17, 15) is 9.59 Å². The van der Waals surface area contributed by atoms with Crippen LogP contribution < -0.4 is 16.0 Å². The van der Waals surface area contributed by atoms with Crippen LogP contribution in [0.25, 0.3) is 0 Å². The van der Waals surface area contributed by atoms with Crippen LogP contribution >= 0.6 is 11.3 Å². The summed E-state index contributed by atoms with van der Waals surface area (Å²) in [6, 6.07) is 4.15. The zero-order valence-corrected chi connectivity index (χ0v) is 13.9. The van der Waals surface area contributed by atoms with Gasteiger partial charge in [0.1, 0.15) is 0 Å². The minimum atomic E-state index is -0.225. The van der Waals surface area contributed by atoms with Gasteiger partial charge in [-0.1, -0.05) is 19.3 Å². The third-order valence-electron chi connectivity index (χ3n) is 3.83. The maximum Gasteiger partial charge on any atom is 0.315 e. The maximum absolute atomic E-state index is 11.8. The highest BCUT2D eigenvalue weighted by Crippen LogP contribution is 2.17. The molecule has 0 unspecified atom stereocenters. The van der Waals surface area contributed by atoms with Crippen LogP contribution in [0.5, 0.6) is 0 Å². The standard InChI is InChI=1S/C16H25N3O2S/c1-12-7-8-14(22-12)11-18-16(21)17-10-9-15(20)19-13-5-3-2-4-6-13/h7-8,13H,2-6,9-11H2,1H3,(H,19,20)(H2,17,18,21). The Balaban J connectivity index is 1.55. The molecule has 22 heavy (non-hydrogen) atoms. The van der Waals surface area contributed by atoms with Crippen LogP contribution in [0.15, 0.2) is 12.1 Å². The number of aryl methyl sites for hydroxylation is 1. The number of amides is 3. The lowest BCUT2D eigenvalue weighted by molar-refractivity contribution is -0.121. The van der Waals surface area contributed by atoms with Crippen LogP contribution in [0.3, 0.4) is 0 Å². The number of carbonyl (C=O) groups excluding carboxylic acids is 2. The molecule has 0 radical (unpaired) electrons. The summed E-state index contributed by atoms with van der Waals surface area (Å²) in [7, 11) is 0. The summed E-state index contributed by atoms with van der Waals surface area (Å²) in [6.45, 7) is 2.94. The van der Waals surface area contributed by atoms with Crippen molar-refractivity contribution in [1.29, 1.82) is 0 Å². The van der Waals surface area contributed by atoms with Gasteiger partial charge >= 0.3 is 6.03 Å². The first-order valence-electron chi connectivity index (χ1n) is 8.00. The SMILES string of the molecule is Cc1ccc(CNC(=O)NCCC(=O)NC2CCCCC2)s1. The first kappa shape index (κ1) is 16.8. The molecule has 2 rings (SSSR count). The Hall–Kier alpha value is -1.56. The molecule has 1 aliphatic carbocycles. The van der Waals surface area contributed by atoms with Crippen molar-refractivity contribution in [2.24, 2.45) is 0 Å². The fourth-order valence-corrected chi connectivity index (χ4v) is 3.48. The lowest BCUT2D eigenvalue weighted by Gasteiger charge is -2.22. The molecule has 1 aliphatic rings. The van der Waals surface area contributed by atoms with Crippen LogP contribution in [0.4, 0.5) is 4.79 Å². The van der Waals surface area contributed by atoms with Crippen molar-refractivity contribution in [3.8, 4) is 0 Å². The molecule has 0 aliphatic heterocycles. The van der Waals surface area contributed by atoms with Crippen molar-refractivity contribution in [1.82, 2.24) is 16.0 Å². The second kappa shape index (κ2) is 8.78. The number of thiophene rings is 1. The number of urea groups is 1. The van der Waals surface area contributed by atoms with Gasteiger partial charge in [0, 0.05) is 28.8 Å². The molecule has 0 saturated heterocycles. The van der Waals surface area contributed by atoms with Crippen molar-refractivity contribution in [3.05, 3.63) is 21.9 Å². The van der Waals surface area contributed by atoms with Crippen molar-refractivity contribution in [2.75, 3.05) is 6.54 Å². The Bertz CT molecular complexity index is 495. The zero-order valence-electron chi connectivity index (χ0n) is 13.1. The van der Waals surface area contributed by atoms with Crippen molar-refractivity contribution in [2.45, 2.75) is 58.0 Å². The highest BCUT2D eigenvalue weighted by atomic mass is 32.1. The van der Waals surface area contributed by atoms with Crippen molar-refractivity contribution in [3.63, 3.8) is 0 Å². The summed E-state index contributed by atoms with van der Waals surface area (Å²) >= 11 is 1.67. The van der Waals surface area contributed by atoms with Gasteiger partial charge in [-0.15, -0.1) is 11.3 Å². The summed E-state index contributed by atoms with van der Waals surface area (Å²) in [5.74, 6) is 0.0288. The van der Waals surface area contributed by atoms with Gasteiger partial charge in [0.2, 0.25) is 5.91 Å². The van der Waals surface area contributed by atoms with E-state index < -0.39 is 0 Å². The molecule has 3 N–H and O–H groups in total. The number of nitrogens with one attached hydrogen (secondary N) is 3. The van der Waals surface area contributed by atoms with Crippen molar-refractivity contribution < 1.29 is 9.59 Å². The van der Waals surface area contributed by atoms with Gasteiger partial charge in [-0.3, -0.25) is 4.79 Å². The molecule has 6 heteroatoms. The normalized spacial score (nSPS) is 15.3. The van der Waals surface area contributed by atoms with E-state index in [0.717, 1.165) is 17.7 Å². The Labute approximate surface area is 135 Å². The average Bonchev–Trinajstić information content (AvgIpc) is 2.92.